The summed E-state index contributed by atoms with van der Waals surface area (Å²) in [7, 11) is 0. The fourth-order valence-electron chi connectivity index (χ4n) is 0.464. The molecule has 1 radical (unpaired) electrons. The number of hydrogen-bond acceptors (Lipinski definition) is 2. The molecule has 0 atom stereocenters. The third-order valence-electron chi connectivity index (χ3n) is 0.907. The van der Waals surface area contributed by atoms with E-state index in [1.165, 1.54) is 0 Å². The van der Waals surface area contributed by atoms with Gasteiger partial charge in [-0.15, -0.1) is 0 Å². The van der Waals surface area contributed by atoms with Crippen molar-refractivity contribution < 1.29 is 32.7 Å². The molecular weight excluding hydrogens is 205 g/mol. The van der Waals surface area contributed by atoms with Gasteiger partial charge in [0.1, 0.15) is 0 Å². The Hall–Kier alpha value is 0.334. The molecule has 0 aliphatic rings. The SMILES string of the molecule is NCCCCN=C(N)N.[Y]. The first-order valence-corrected chi connectivity index (χ1v) is 3.03. The largest absolute Gasteiger partial charge is 0.370 e. The number of aliphatic imine (C=N–C) groups is 1. The maximum absolute atomic E-state index is 5.23. The predicted molar refractivity (Wildman–Crippen MR) is 39.0 cm³/mol. The van der Waals surface area contributed by atoms with Crippen LogP contribution in [0, 0.1) is 0 Å². The summed E-state index contributed by atoms with van der Waals surface area (Å²) < 4.78 is 0. The maximum atomic E-state index is 5.23. The molecule has 0 bridgehead atoms. The molecule has 57 valence electrons. The van der Waals surface area contributed by atoms with Gasteiger partial charge in [-0.1, -0.05) is 0 Å². The molecule has 10 heavy (non-hydrogen) atoms. The van der Waals surface area contributed by atoms with E-state index >= 15 is 0 Å². The minimum atomic E-state index is 0. The Morgan fingerprint density at radius 3 is 2.20 bits per heavy atom. The van der Waals surface area contributed by atoms with E-state index in [2.05, 4.69) is 4.99 Å². The van der Waals surface area contributed by atoms with Gasteiger partial charge in [0.05, 0.1) is 0 Å². The molecule has 0 aliphatic heterocycles. The van der Waals surface area contributed by atoms with E-state index < -0.39 is 0 Å². The van der Waals surface area contributed by atoms with E-state index in [-0.39, 0.29) is 38.7 Å². The van der Waals surface area contributed by atoms with Gasteiger partial charge in [0.2, 0.25) is 0 Å². The van der Waals surface area contributed by atoms with E-state index in [1.54, 1.807) is 0 Å². The molecule has 0 aromatic heterocycles. The molecule has 0 fully saturated rings. The zero-order valence-electron chi connectivity index (χ0n) is 6.09. The normalized spacial score (nSPS) is 8.10. The number of nitrogens with zero attached hydrogens (tertiary/aromatic N) is 1. The van der Waals surface area contributed by atoms with E-state index in [0.29, 0.717) is 13.1 Å². The maximum Gasteiger partial charge on any atom is 0.185 e. The summed E-state index contributed by atoms with van der Waals surface area (Å²) in [5.41, 5.74) is 15.4. The van der Waals surface area contributed by atoms with Gasteiger partial charge in [0, 0.05) is 39.3 Å². The van der Waals surface area contributed by atoms with Crippen molar-refractivity contribution in [1.29, 1.82) is 0 Å². The summed E-state index contributed by atoms with van der Waals surface area (Å²) in [5.74, 6) is 0.159. The van der Waals surface area contributed by atoms with E-state index in [0.717, 1.165) is 12.8 Å². The molecule has 0 heterocycles. The van der Waals surface area contributed by atoms with Crippen LogP contribution in [-0.2, 0) is 32.7 Å². The molecule has 5 heteroatoms. The van der Waals surface area contributed by atoms with Crippen molar-refractivity contribution in [3.63, 3.8) is 0 Å². The summed E-state index contributed by atoms with van der Waals surface area (Å²) in [6.07, 6.45) is 1.95. The van der Waals surface area contributed by atoms with Crippen LogP contribution in [-0.4, -0.2) is 19.0 Å². The van der Waals surface area contributed by atoms with Gasteiger partial charge in [-0.05, 0) is 19.4 Å². The summed E-state index contributed by atoms with van der Waals surface area (Å²) in [4.78, 5) is 3.78. The fraction of sp³-hybridized carbons (Fsp3) is 0.800. The minimum Gasteiger partial charge on any atom is -0.370 e. The summed E-state index contributed by atoms with van der Waals surface area (Å²) in [5, 5.41) is 0. The second-order valence-electron chi connectivity index (χ2n) is 1.80. The Morgan fingerprint density at radius 2 is 1.80 bits per heavy atom. The van der Waals surface area contributed by atoms with Gasteiger partial charge in [0.15, 0.2) is 5.96 Å². The second-order valence-corrected chi connectivity index (χ2v) is 1.80. The van der Waals surface area contributed by atoms with Crippen LogP contribution >= 0.6 is 0 Å². The van der Waals surface area contributed by atoms with Crippen LogP contribution in [0.5, 0.6) is 0 Å². The third kappa shape index (κ3) is 11.2. The Labute approximate surface area is 86.5 Å². The van der Waals surface area contributed by atoms with Crippen molar-refractivity contribution in [2.45, 2.75) is 12.8 Å². The zero-order valence-corrected chi connectivity index (χ0v) is 8.92. The minimum absolute atomic E-state index is 0. The molecule has 0 saturated heterocycles. The summed E-state index contributed by atoms with van der Waals surface area (Å²) >= 11 is 0. The van der Waals surface area contributed by atoms with Crippen molar-refractivity contribution in [3.8, 4) is 0 Å². The first-order chi connectivity index (χ1) is 4.27. The summed E-state index contributed by atoms with van der Waals surface area (Å²) in [6.45, 7) is 1.40. The van der Waals surface area contributed by atoms with Crippen LogP contribution in [0.1, 0.15) is 12.8 Å². The molecule has 0 amide bonds. The van der Waals surface area contributed by atoms with E-state index in [9.17, 15) is 0 Å². The smallest absolute Gasteiger partial charge is 0.185 e. The standard InChI is InChI=1S/C5H14N4.Y/c6-3-1-2-4-9-5(7)8;/h1-4,6H2,(H4,7,8,9);. The molecule has 6 N–H and O–H groups in total. The Bertz CT molecular complexity index is 89.6. The molecule has 0 rings (SSSR count). The van der Waals surface area contributed by atoms with Crippen molar-refractivity contribution in [2.75, 3.05) is 13.1 Å². The Morgan fingerprint density at radius 1 is 1.20 bits per heavy atom. The number of rotatable bonds is 4. The van der Waals surface area contributed by atoms with Gasteiger partial charge < -0.3 is 17.2 Å². The fourth-order valence-corrected chi connectivity index (χ4v) is 0.464. The van der Waals surface area contributed by atoms with E-state index in [1.807, 2.05) is 0 Å². The van der Waals surface area contributed by atoms with Crippen LogP contribution in [0.15, 0.2) is 4.99 Å². The van der Waals surface area contributed by atoms with Crippen LogP contribution in [0.25, 0.3) is 0 Å². The average molecular weight is 219 g/mol. The predicted octanol–water partition coefficient (Wildman–Crippen LogP) is -1.00. The van der Waals surface area contributed by atoms with Gasteiger partial charge in [-0.3, -0.25) is 4.99 Å². The third-order valence-corrected chi connectivity index (χ3v) is 0.907. The van der Waals surface area contributed by atoms with Crippen LogP contribution in [0.3, 0.4) is 0 Å². The topological polar surface area (TPSA) is 90.4 Å². The molecule has 0 aromatic rings. The molecule has 0 aliphatic carbocycles. The molecule has 0 aromatic carbocycles. The monoisotopic (exact) mass is 219 g/mol. The first kappa shape index (κ1) is 13.0. The van der Waals surface area contributed by atoms with Crippen LogP contribution < -0.4 is 17.2 Å². The molecule has 0 unspecified atom stereocenters. The van der Waals surface area contributed by atoms with E-state index in [4.69, 9.17) is 17.2 Å². The van der Waals surface area contributed by atoms with Crippen molar-refractivity contribution in [1.82, 2.24) is 0 Å². The molecule has 4 nitrogen and oxygen atoms in total. The molecule has 0 spiro atoms. The van der Waals surface area contributed by atoms with Gasteiger partial charge in [-0.2, -0.15) is 0 Å². The molecule has 0 saturated carbocycles. The number of unbranched alkanes of at least 4 members (excludes halogenated alkanes) is 1. The van der Waals surface area contributed by atoms with Crippen molar-refractivity contribution in [3.05, 3.63) is 0 Å². The van der Waals surface area contributed by atoms with Crippen molar-refractivity contribution in [2.24, 2.45) is 22.2 Å². The van der Waals surface area contributed by atoms with Crippen molar-refractivity contribution >= 4 is 5.96 Å². The van der Waals surface area contributed by atoms with Gasteiger partial charge in [-0.25, -0.2) is 0 Å². The van der Waals surface area contributed by atoms with Gasteiger partial charge in [0.25, 0.3) is 0 Å². The summed E-state index contributed by atoms with van der Waals surface area (Å²) in [6, 6.07) is 0. The first-order valence-electron chi connectivity index (χ1n) is 3.03. The zero-order chi connectivity index (χ0) is 7.11. The Kier molecular flexibility index (Phi) is 12.1. The molecular formula is C5H14N4Y. The Balaban J connectivity index is 0. The average Bonchev–Trinajstić information content (AvgIpc) is 1.80. The number of hydrogen-bond donors (Lipinski definition) is 3. The number of guanidine groups is 1. The second kappa shape index (κ2) is 9.33. The quantitative estimate of drug-likeness (QED) is 0.321. The van der Waals surface area contributed by atoms with Crippen LogP contribution in [0.4, 0.5) is 0 Å². The van der Waals surface area contributed by atoms with Gasteiger partial charge >= 0.3 is 0 Å². The number of nitrogens with two attached hydrogens (primary N) is 3. The van der Waals surface area contributed by atoms with Crippen LogP contribution in [0.2, 0.25) is 0 Å².